The van der Waals surface area contributed by atoms with Crippen LogP contribution in [-0.2, 0) is 14.8 Å². The van der Waals surface area contributed by atoms with Gasteiger partial charge in [-0.3, -0.25) is 0 Å². The topological polar surface area (TPSA) is 63.2 Å². The predicted octanol–water partition coefficient (Wildman–Crippen LogP) is 1.33. The molecule has 5 heteroatoms. The van der Waals surface area contributed by atoms with E-state index in [9.17, 15) is 13.2 Å². The molecule has 1 atom stereocenters. The van der Waals surface area contributed by atoms with Crippen molar-refractivity contribution in [2.75, 3.05) is 0 Å². The van der Waals surface area contributed by atoms with E-state index in [1.54, 1.807) is 18.2 Å². The molecular weight excluding hydrogens is 226 g/mol. The van der Waals surface area contributed by atoms with Crippen LogP contribution in [0.1, 0.15) is 19.8 Å². The fraction of sp³-hybridized carbons (Fsp3) is 0.364. The van der Waals surface area contributed by atoms with Crippen molar-refractivity contribution in [3.63, 3.8) is 0 Å². The summed E-state index contributed by atoms with van der Waals surface area (Å²) in [6.45, 7) is 1.90. The molecule has 16 heavy (non-hydrogen) atoms. The van der Waals surface area contributed by atoms with Crippen molar-refractivity contribution in [3.05, 3.63) is 30.3 Å². The van der Waals surface area contributed by atoms with E-state index >= 15 is 0 Å². The molecule has 1 aromatic carbocycles. The molecule has 0 spiro atoms. The lowest BCUT2D eigenvalue weighted by molar-refractivity contribution is -0.109. The van der Waals surface area contributed by atoms with Crippen molar-refractivity contribution in [3.8, 4) is 0 Å². The number of rotatable bonds is 6. The van der Waals surface area contributed by atoms with E-state index in [1.807, 2.05) is 6.92 Å². The van der Waals surface area contributed by atoms with Crippen molar-refractivity contribution >= 4 is 16.3 Å². The summed E-state index contributed by atoms with van der Waals surface area (Å²) in [7, 11) is -3.58. The van der Waals surface area contributed by atoms with Gasteiger partial charge in [-0.1, -0.05) is 31.5 Å². The highest BCUT2D eigenvalue weighted by molar-refractivity contribution is 7.89. The molecule has 0 saturated carbocycles. The third kappa shape index (κ3) is 3.43. The first-order valence-electron chi connectivity index (χ1n) is 5.13. The first-order valence-corrected chi connectivity index (χ1v) is 6.61. The third-order valence-electron chi connectivity index (χ3n) is 2.12. The maximum atomic E-state index is 11.8. The van der Waals surface area contributed by atoms with Gasteiger partial charge in [0.25, 0.3) is 0 Å². The molecule has 1 N–H and O–H groups in total. The summed E-state index contributed by atoms with van der Waals surface area (Å²) in [5.41, 5.74) is 0. The fourth-order valence-electron chi connectivity index (χ4n) is 1.33. The highest BCUT2D eigenvalue weighted by Gasteiger charge is 2.18. The molecular formula is C11H15NO3S. The second kappa shape index (κ2) is 5.77. The van der Waals surface area contributed by atoms with Crippen LogP contribution in [0.15, 0.2) is 35.2 Å². The highest BCUT2D eigenvalue weighted by atomic mass is 32.2. The molecule has 0 aliphatic rings. The normalized spacial score (nSPS) is 13.3. The SMILES string of the molecule is CCCC(C=O)NS(=O)(=O)c1ccccc1. The van der Waals surface area contributed by atoms with Gasteiger partial charge in [0.05, 0.1) is 10.9 Å². The Morgan fingerprint density at radius 1 is 1.31 bits per heavy atom. The van der Waals surface area contributed by atoms with Crippen LogP contribution in [0.4, 0.5) is 0 Å². The van der Waals surface area contributed by atoms with Gasteiger partial charge >= 0.3 is 0 Å². The van der Waals surface area contributed by atoms with E-state index in [1.165, 1.54) is 12.1 Å². The van der Waals surface area contributed by atoms with Crippen molar-refractivity contribution in [1.82, 2.24) is 4.72 Å². The van der Waals surface area contributed by atoms with E-state index in [0.29, 0.717) is 12.7 Å². The average Bonchev–Trinajstić information content (AvgIpc) is 2.29. The van der Waals surface area contributed by atoms with Gasteiger partial charge in [-0.2, -0.15) is 0 Å². The van der Waals surface area contributed by atoms with Crippen LogP contribution in [0.25, 0.3) is 0 Å². The average molecular weight is 241 g/mol. The molecule has 0 fully saturated rings. The van der Waals surface area contributed by atoms with Crippen molar-refractivity contribution in [2.24, 2.45) is 0 Å². The summed E-state index contributed by atoms with van der Waals surface area (Å²) in [5.74, 6) is 0. The molecule has 0 radical (unpaired) electrons. The van der Waals surface area contributed by atoms with E-state index < -0.39 is 16.1 Å². The van der Waals surface area contributed by atoms with Crippen LogP contribution in [0.3, 0.4) is 0 Å². The first kappa shape index (κ1) is 12.9. The number of carbonyl (C=O) groups is 1. The summed E-state index contributed by atoms with van der Waals surface area (Å²) >= 11 is 0. The molecule has 0 saturated heterocycles. The van der Waals surface area contributed by atoms with E-state index in [4.69, 9.17) is 0 Å². The Morgan fingerprint density at radius 2 is 1.94 bits per heavy atom. The number of aldehydes is 1. The molecule has 0 aliphatic heterocycles. The molecule has 88 valence electrons. The molecule has 0 aromatic heterocycles. The number of hydrogen-bond acceptors (Lipinski definition) is 3. The molecule has 1 unspecified atom stereocenters. The molecule has 0 amide bonds. The Hall–Kier alpha value is -1.20. The Morgan fingerprint density at radius 3 is 2.44 bits per heavy atom. The molecule has 0 heterocycles. The lowest BCUT2D eigenvalue weighted by Gasteiger charge is -2.11. The third-order valence-corrected chi connectivity index (χ3v) is 3.63. The summed E-state index contributed by atoms with van der Waals surface area (Å²) in [5, 5.41) is 0. The van der Waals surface area contributed by atoms with Crippen LogP contribution < -0.4 is 4.72 Å². The fourth-order valence-corrected chi connectivity index (χ4v) is 2.56. The van der Waals surface area contributed by atoms with Crippen LogP contribution in [-0.4, -0.2) is 20.7 Å². The van der Waals surface area contributed by atoms with Crippen LogP contribution in [0, 0.1) is 0 Å². The van der Waals surface area contributed by atoms with Crippen LogP contribution in [0.5, 0.6) is 0 Å². The van der Waals surface area contributed by atoms with Gasteiger partial charge in [-0.05, 0) is 18.6 Å². The molecule has 1 aromatic rings. The van der Waals surface area contributed by atoms with Gasteiger partial charge in [-0.15, -0.1) is 0 Å². The number of hydrogen-bond donors (Lipinski definition) is 1. The van der Waals surface area contributed by atoms with Gasteiger partial charge in [-0.25, -0.2) is 13.1 Å². The van der Waals surface area contributed by atoms with Crippen LogP contribution >= 0.6 is 0 Å². The maximum Gasteiger partial charge on any atom is 0.241 e. The number of sulfonamides is 1. The number of nitrogens with one attached hydrogen (secondary N) is 1. The van der Waals surface area contributed by atoms with Crippen molar-refractivity contribution in [1.29, 1.82) is 0 Å². The van der Waals surface area contributed by atoms with Gasteiger partial charge < -0.3 is 4.79 Å². The minimum absolute atomic E-state index is 0.179. The molecule has 4 nitrogen and oxygen atoms in total. The zero-order valence-corrected chi connectivity index (χ0v) is 9.91. The van der Waals surface area contributed by atoms with Gasteiger partial charge in [0, 0.05) is 0 Å². The second-order valence-electron chi connectivity index (χ2n) is 3.47. The van der Waals surface area contributed by atoms with E-state index in [2.05, 4.69) is 4.72 Å². The van der Waals surface area contributed by atoms with E-state index in [0.717, 1.165) is 6.42 Å². The lowest BCUT2D eigenvalue weighted by atomic mass is 10.2. The second-order valence-corrected chi connectivity index (χ2v) is 5.18. The van der Waals surface area contributed by atoms with Crippen LogP contribution in [0.2, 0.25) is 0 Å². The summed E-state index contributed by atoms with van der Waals surface area (Å²) < 4.78 is 26.0. The monoisotopic (exact) mass is 241 g/mol. The van der Waals surface area contributed by atoms with Gasteiger partial charge in [0.1, 0.15) is 6.29 Å². The zero-order valence-electron chi connectivity index (χ0n) is 9.09. The van der Waals surface area contributed by atoms with Gasteiger partial charge in [0.15, 0.2) is 0 Å². The molecule has 0 aliphatic carbocycles. The van der Waals surface area contributed by atoms with Crippen molar-refractivity contribution < 1.29 is 13.2 Å². The predicted molar refractivity (Wildman–Crippen MR) is 61.5 cm³/mol. The lowest BCUT2D eigenvalue weighted by Crippen LogP contribution is -2.35. The molecule has 0 bridgehead atoms. The maximum absolute atomic E-state index is 11.8. The minimum atomic E-state index is -3.58. The van der Waals surface area contributed by atoms with Gasteiger partial charge in [0.2, 0.25) is 10.0 Å². The van der Waals surface area contributed by atoms with Crippen molar-refractivity contribution in [2.45, 2.75) is 30.7 Å². The Balaban J connectivity index is 2.83. The Labute approximate surface area is 95.7 Å². The number of benzene rings is 1. The summed E-state index contributed by atoms with van der Waals surface area (Å²) in [4.78, 5) is 10.9. The number of carbonyl (C=O) groups excluding carboxylic acids is 1. The molecule has 1 rings (SSSR count). The highest BCUT2D eigenvalue weighted by Crippen LogP contribution is 2.08. The van der Waals surface area contributed by atoms with E-state index in [-0.39, 0.29) is 4.90 Å². The first-order chi connectivity index (χ1) is 7.60. The largest absolute Gasteiger partial charge is 0.302 e. The zero-order chi connectivity index (χ0) is 12.0. The standard InChI is InChI=1S/C11H15NO3S/c1-2-6-10(9-13)12-16(14,15)11-7-4-3-5-8-11/h3-5,7-10,12H,2,6H2,1H3. The Kier molecular flexibility index (Phi) is 4.64. The quantitative estimate of drug-likeness (QED) is 0.764. The minimum Gasteiger partial charge on any atom is -0.302 e. The Bertz CT molecular complexity index is 428. The smallest absolute Gasteiger partial charge is 0.241 e. The summed E-state index contributed by atoms with van der Waals surface area (Å²) in [6, 6.07) is 7.37. The summed E-state index contributed by atoms with van der Waals surface area (Å²) in [6.07, 6.45) is 1.89.